The van der Waals surface area contributed by atoms with Gasteiger partial charge in [0.25, 0.3) is 0 Å². The summed E-state index contributed by atoms with van der Waals surface area (Å²) in [5, 5.41) is 9.57. The van der Waals surface area contributed by atoms with Crippen molar-refractivity contribution in [3.05, 3.63) is 0 Å². The first-order chi connectivity index (χ1) is 11.3. The summed E-state index contributed by atoms with van der Waals surface area (Å²) in [6.45, 7) is 5.07. The average Bonchev–Trinajstić information content (AvgIpc) is 2.57. The number of rotatable bonds is 10. The molecule has 1 saturated carbocycles. The molecule has 6 heteroatoms. The SMILES string of the molecule is CCOCCCCNC(=NC)NCCC(=O)NC1CCCCC1. The maximum atomic E-state index is 11.9. The van der Waals surface area contributed by atoms with E-state index in [2.05, 4.69) is 20.9 Å². The molecule has 0 atom stereocenters. The van der Waals surface area contributed by atoms with E-state index in [4.69, 9.17) is 4.74 Å². The highest BCUT2D eigenvalue weighted by molar-refractivity contribution is 5.81. The molecule has 0 saturated heterocycles. The Kier molecular flexibility index (Phi) is 11.3. The van der Waals surface area contributed by atoms with Gasteiger partial charge >= 0.3 is 0 Å². The van der Waals surface area contributed by atoms with Gasteiger partial charge in [0, 0.05) is 45.8 Å². The van der Waals surface area contributed by atoms with Gasteiger partial charge < -0.3 is 20.7 Å². The number of carbonyl (C=O) groups excluding carboxylic acids is 1. The summed E-state index contributed by atoms with van der Waals surface area (Å²) in [6.07, 6.45) is 8.62. The van der Waals surface area contributed by atoms with Crippen molar-refractivity contribution in [1.82, 2.24) is 16.0 Å². The Labute approximate surface area is 140 Å². The Hall–Kier alpha value is -1.30. The summed E-state index contributed by atoms with van der Waals surface area (Å²) in [7, 11) is 1.75. The van der Waals surface area contributed by atoms with Crippen molar-refractivity contribution in [3.8, 4) is 0 Å². The van der Waals surface area contributed by atoms with Crippen LogP contribution in [-0.4, -0.2) is 51.3 Å². The number of ether oxygens (including phenoxy) is 1. The van der Waals surface area contributed by atoms with E-state index in [9.17, 15) is 4.79 Å². The minimum atomic E-state index is 0.136. The largest absolute Gasteiger partial charge is 0.382 e. The second kappa shape index (κ2) is 13.2. The third-order valence-electron chi connectivity index (χ3n) is 4.05. The van der Waals surface area contributed by atoms with Crippen molar-refractivity contribution in [1.29, 1.82) is 0 Å². The van der Waals surface area contributed by atoms with Crippen LogP contribution in [0.3, 0.4) is 0 Å². The Balaban J connectivity index is 2.03. The van der Waals surface area contributed by atoms with Gasteiger partial charge in [-0.15, -0.1) is 0 Å². The van der Waals surface area contributed by atoms with Gasteiger partial charge in [-0.25, -0.2) is 0 Å². The number of nitrogens with one attached hydrogen (secondary N) is 3. The van der Waals surface area contributed by atoms with E-state index < -0.39 is 0 Å². The molecule has 0 aromatic rings. The topological polar surface area (TPSA) is 74.8 Å². The second-order valence-corrected chi connectivity index (χ2v) is 5.98. The summed E-state index contributed by atoms with van der Waals surface area (Å²) >= 11 is 0. The normalized spacial score (nSPS) is 16.2. The van der Waals surface area contributed by atoms with E-state index in [1.54, 1.807) is 7.05 Å². The number of hydrogen-bond donors (Lipinski definition) is 3. The molecule has 0 heterocycles. The highest BCUT2D eigenvalue weighted by Crippen LogP contribution is 2.17. The van der Waals surface area contributed by atoms with Crippen LogP contribution in [0, 0.1) is 0 Å². The van der Waals surface area contributed by atoms with Gasteiger partial charge in [0.1, 0.15) is 0 Å². The quantitative estimate of drug-likeness (QED) is 0.325. The second-order valence-electron chi connectivity index (χ2n) is 5.98. The summed E-state index contributed by atoms with van der Waals surface area (Å²) in [5.41, 5.74) is 0. The Morgan fingerprint density at radius 1 is 1.13 bits per heavy atom. The average molecular weight is 326 g/mol. The Morgan fingerprint density at radius 2 is 1.87 bits per heavy atom. The van der Waals surface area contributed by atoms with Crippen LogP contribution < -0.4 is 16.0 Å². The number of amides is 1. The molecule has 1 rings (SSSR count). The first kappa shape index (κ1) is 19.7. The highest BCUT2D eigenvalue weighted by atomic mass is 16.5. The van der Waals surface area contributed by atoms with E-state index in [0.29, 0.717) is 19.0 Å². The number of unbranched alkanes of at least 4 members (excludes halogenated alkanes) is 1. The van der Waals surface area contributed by atoms with Gasteiger partial charge in [-0.1, -0.05) is 19.3 Å². The zero-order valence-electron chi connectivity index (χ0n) is 14.8. The van der Waals surface area contributed by atoms with E-state index in [-0.39, 0.29) is 5.91 Å². The first-order valence-corrected chi connectivity index (χ1v) is 9.08. The molecule has 1 aliphatic carbocycles. The van der Waals surface area contributed by atoms with Gasteiger partial charge in [-0.2, -0.15) is 0 Å². The number of guanidine groups is 1. The predicted octanol–water partition coefficient (Wildman–Crippen LogP) is 1.81. The van der Waals surface area contributed by atoms with Crippen LogP contribution in [0.25, 0.3) is 0 Å². The molecule has 0 spiro atoms. The zero-order valence-corrected chi connectivity index (χ0v) is 14.8. The third-order valence-corrected chi connectivity index (χ3v) is 4.05. The summed E-state index contributed by atoms with van der Waals surface area (Å²) in [6, 6.07) is 0.388. The van der Waals surface area contributed by atoms with Gasteiger partial charge in [-0.3, -0.25) is 9.79 Å². The van der Waals surface area contributed by atoms with Crippen molar-refractivity contribution < 1.29 is 9.53 Å². The fourth-order valence-corrected chi connectivity index (χ4v) is 2.74. The van der Waals surface area contributed by atoms with Crippen LogP contribution in [0.1, 0.15) is 58.3 Å². The Bertz CT molecular complexity index is 341. The molecule has 1 amide bonds. The minimum Gasteiger partial charge on any atom is -0.382 e. The molecule has 0 radical (unpaired) electrons. The van der Waals surface area contributed by atoms with Crippen LogP contribution in [0.2, 0.25) is 0 Å². The molecule has 1 fully saturated rings. The summed E-state index contributed by atoms with van der Waals surface area (Å²) in [5.74, 6) is 0.892. The minimum absolute atomic E-state index is 0.136. The van der Waals surface area contributed by atoms with Gasteiger partial charge in [0.05, 0.1) is 0 Å². The summed E-state index contributed by atoms with van der Waals surface area (Å²) < 4.78 is 5.30. The maximum Gasteiger partial charge on any atom is 0.221 e. The fraction of sp³-hybridized carbons (Fsp3) is 0.882. The van der Waals surface area contributed by atoms with Crippen LogP contribution in [-0.2, 0) is 9.53 Å². The number of hydrogen-bond acceptors (Lipinski definition) is 3. The molecule has 0 aromatic heterocycles. The Morgan fingerprint density at radius 3 is 2.57 bits per heavy atom. The van der Waals surface area contributed by atoms with Crippen molar-refractivity contribution in [2.24, 2.45) is 4.99 Å². The van der Waals surface area contributed by atoms with Gasteiger partial charge in [0.15, 0.2) is 5.96 Å². The van der Waals surface area contributed by atoms with Crippen LogP contribution in [0.4, 0.5) is 0 Å². The monoisotopic (exact) mass is 326 g/mol. The molecule has 6 nitrogen and oxygen atoms in total. The lowest BCUT2D eigenvalue weighted by molar-refractivity contribution is -0.121. The fourth-order valence-electron chi connectivity index (χ4n) is 2.74. The number of carbonyl (C=O) groups is 1. The van der Waals surface area contributed by atoms with Crippen LogP contribution >= 0.6 is 0 Å². The molecule has 3 N–H and O–H groups in total. The lowest BCUT2D eigenvalue weighted by Crippen LogP contribution is -2.41. The molecule has 1 aliphatic rings. The molecular formula is C17H34N4O2. The van der Waals surface area contributed by atoms with E-state index >= 15 is 0 Å². The molecule has 23 heavy (non-hydrogen) atoms. The van der Waals surface area contributed by atoms with Crippen LogP contribution in [0.5, 0.6) is 0 Å². The lowest BCUT2D eigenvalue weighted by atomic mass is 9.95. The molecule has 0 unspecified atom stereocenters. The molecule has 0 aliphatic heterocycles. The number of nitrogens with zero attached hydrogens (tertiary/aromatic N) is 1. The van der Waals surface area contributed by atoms with Gasteiger partial charge in [-0.05, 0) is 32.6 Å². The van der Waals surface area contributed by atoms with E-state index in [1.165, 1.54) is 19.3 Å². The first-order valence-electron chi connectivity index (χ1n) is 9.08. The van der Waals surface area contributed by atoms with Crippen molar-refractivity contribution in [2.75, 3.05) is 33.4 Å². The lowest BCUT2D eigenvalue weighted by Gasteiger charge is -2.22. The zero-order chi connectivity index (χ0) is 16.8. The predicted molar refractivity (Wildman–Crippen MR) is 94.7 cm³/mol. The van der Waals surface area contributed by atoms with Crippen molar-refractivity contribution in [2.45, 2.75) is 64.3 Å². The molecule has 0 aromatic carbocycles. The molecule has 134 valence electrons. The van der Waals surface area contributed by atoms with Crippen molar-refractivity contribution in [3.63, 3.8) is 0 Å². The number of aliphatic imine (C=N–C) groups is 1. The standard InChI is InChI=1S/C17H34N4O2/c1-3-23-14-8-7-12-19-17(18-2)20-13-11-16(22)21-15-9-5-4-6-10-15/h15H,3-14H2,1-2H3,(H,21,22)(H2,18,19,20). The molecule has 0 bridgehead atoms. The van der Waals surface area contributed by atoms with Crippen molar-refractivity contribution >= 4 is 11.9 Å². The van der Waals surface area contributed by atoms with Gasteiger partial charge in [0.2, 0.25) is 5.91 Å². The smallest absolute Gasteiger partial charge is 0.221 e. The summed E-state index contributed by atoms with van der Waals surface area (Å²) in [4.78, 5) is 16.1. The third kappa shape index (κ3) is 10.2. The van der Waals surface area contributed by atoms with E-state index in [0.717, 1.165) is 51.4 Å². The molecular weight excluding hydrogens is 292 g/mol. The van der Waals surface area contributed by atoms with Crippen LogP contribution in [0.15, 0.2) is 4.99 Å². The van der Waals surface area contributed by atoms with E-state index in [1.807, 2.05) is 6.92 Å². The highest BCUT2D eigenvalue weighted by Gasteiger charge is 2.15. The maximum absolute atomic E-state index is 11.9.